The highest BCUT2D eigenvalue weighted by Crippen LogP contribution is 2.35. The van der Waals surface area contributed by atoms with E-state index < -0.39 is 10.7 Å². The maximum Gasteiger partial charge on any atom is 0.313 e. The Morgan fingerprint density at radius 3 is 2.76 bits per heavy atom. The molecule has 0 aliphatic carbocycles. The lowest BCUT2D eigenvalue weighted by Gasteiger charge is -2.10. The molecule has 1 unspecified atom stereocenters. The summed E-state index contributed by atoms with van der Waals surface area (Å²) in [6.07, 6.45) is 0. The first-order valence-electron chi connectivity index (χ1n) is 4.74. The summed E-state index contributed by atoms with van der Waals surface area (Å²) in [4.78, 5) is 10.3. The SMILES string of the molecule is COc1cc(SC(C)CCl)c(F)cc1[N+](=O)[O-]. The molecule has 0 heterocycles. The molecular weight excluding hydrogens is 269 g/mol. The number of nitrogens with zero attached hydrogens (tertiary/aromatic N) is 1. The second-order valence-electron chi connectivity index (χ2n) is 3.29. The highest BCUT2D eigenvalue weighted by atomic mass is 35.5. The third-order valence-electron chi connectivity index (χ3n) is 1.98. The van der Waals surface area contributed by atoms with E-state index in [2.05, 4.69) is 0 Å². The summed E-state index contributed by atoms with van der Waals surface area (Å²) in [7, 11) is 1.31. The van der Waals surface area contributed by atoms with Gasteiger partial charge < -0.3 is 4.74 Å². The van der Waals surface area contributed by atoms with E-state index in [0.717, 1.165) is 6.07 Å². The van der Waals surface area contributed by atoms with Crippen molar-refractivity contribution in [2.24, 2.45) is 0 Å². The Bertz CT molecular complexity index is 430. The maximum absolute atomic E-state index is 13.6. The maximum atomic E-state index is 13.6. The van der Waals surface area contributed by atoms with Gasteiger partial charge in [0.1, 0.15) is 5.82 Å². The van der Waals surface area contributed by atoms with Gasteiger partial charge in [-0.1, -0.05) is 6.92 Å². The van der Waals surface area contributed by atoms with E-state index in [1.807, 2.05) is 6.92 Å². The number of thioether (sulfide) groups is 1. The summed E-state index contributed by atoms with van der Waals surface area (Å²) in [5, 5.41) is 10.7. The molecule has 0 radical (unpaired) electrons. The smallest absolute Gasteiger partial charge is 0.313 e. The Labute approximate surface area is 107 Å². The molecule has 1 atom stereocenters. The largest absolute Gasteiger partial charge is 0.490 e. The Morgan fingerprint density at radius 1 is 1.65 bits per heavy atom. The standard InChI is InChI=1S/C10H11ClFNO3S/c1-6(5-11)17-10-4-9(16-2)8(13(14)15)3-7(10)12/h3-4,6H,5H2,1-2H3. The highest BCUT2D eigenvalue weighted by Gasteiger charge is 2.20. The molecule has 1 aromatic rings. The molecule has 0 amide bonds. The fourth-order valence-corrected chi connectivity index (χ4v) is 2.20. The van der Waals surface area contributed by atoms with Gasteiger partial charge in [-0.15, -0.1) is 23.4 Å². The molecule has 4 nitrogen and oxygen atoms in total. The number of ether oxygens (including phenoxy) is 1. The molecule has 17 heavy (non-hydrogen) atoms. The summed E-state index contributed by atoms with van der Waals surface area (Å²) in [6.45, 7) is 1.84. The summed E-state index contributed by atoms with van der Waals surface area (Å²) >= 11 is 6.84. The van der Waals surface area contributed by atoms with Gasteiger partial charge >= 0.3 is 5.69 Å². The molecule has 1 aromatic carbocycles. The van der Waals surface area contributed by atoms with Crippen LogP contribution in [0.25, 0.3) is 0 Å². The minimum Gasteiger partial charge on any atom is -0.490 e. The van der Waals surface area contributed by atoms with Gasteiger partial charge in [0, 0.05) is 22.1 Å². The molecule has 0 N–H and O–H groups in total. The van der Waals surface area contributed by atoms with Gasteiger partial charge in [-0.05, 0) is 0 Å². The first-order valence-corrected chi connectivity index (χ1v) is 6.15. The molecule has 0 saturated carbocycles. The lowest BCUT2D eigenvalue weighted by Crippen LogP contribution is -2.00. The molecule has 0 saturated heterocycles. The molecule has 0 aliphatic heterocycles. The molecule has 0 bridgehead atoms. The van der Waals surface area contributed by atoms with Gasteiger partial charge in [0.25, 0.3) is 0 Å². The average Bonchev–Trinajstić information content (AvgIpc) is 2.30. The third-order valence-corrected chi connectivity index (χ3v) is 3.76. The fraction of sp³-hybridized carbons (Fsp3) is 0.400. The van der Waals surface area contributed by atoms with E-state index in [1.165, 1.54) is 24.9 Å². The number of benzene rings is 1. The van der Waals surface area contributed by atoms with E-state index in [0.29, 0.717) is 10.8 Å². The van der Waals surface area contributed by atoms with Crippen molar-refractivity contribution in [3.63, 3.8) is 0 Å². The third kappa shape index (κ3) is 3.47. The number of nitro benzene ring substituents is 1. The van der Waals surface area contributed by atoms with E-state index >= 15 is 0 Å². The van der Waals surface area contributed by atoms with Crippen LogP contribution in [0.5, 0.6) is 5.75 Å². The topological polar surface area (TPSA) is 52.4 Å². The second kappa shape index (κ2) is 6.07. The fourth-order valence-electron chi connectivity index (χ4n) is 1.17. The molecule has 94 valence electrons. The molecular formula is C10H11ClFNO3S. The molecule has 0 aromatic heterocycles. The Kier molecular flexibility index (Phi) is 5.02. The van der Waals surface area contributed by atoms with Crippen LogP contribution in [0.3, 0.4) is 0 Å². The number of alkyl halides is 1. The lowest BCUT2D eigenvalue weighted by atomic mass is 10.3. The van der Waals surface area contributed by atoms with Crippen LogP contribution in [0.1, 0.15) is 6.92 Å². The quantitative estimate of drug-likeness (QED) is 0.358. The van der Waals surface area contributed by atoms with Crippen molar-refractivity contribution < 1.29 is 14.1 Å². The van der Waals surface area contributed by atoms with Crippen molar-refractivity contribution >= 4 is 29.1 Å². The number of hydrogen-bond donors (Lipinski definition) is 0. The summed E-state index contributed by atoms with van der Waals surface area (Å²) in [5.41, 5.74) is -0.382. The van der Waals surface area contributed by atoms with E-state index in [4.69, 9.17) is 16.3 Å². The van der Waals surface area contributed by atoms with Crippen LogP contribution in [0.2, 0.25) is 0 Å². The first-order chi connectivity index (χ1) is 7.99. The monoisotopic (exact) mass is 279 g/mol. The van der Waals surface area contributed by atoms with Crippen molar-refractivity contribution in [1.82, 2.24) is 0 Å². The summed E-state index contributed by atoms with van der Waals surface area (Å²) in [6, 6.07) is 2.18. The van der Waals surface area contributed by atoms with Crippen LogP contribution in [0, 0.1) is 15.9 Å². The minimum atomic E-state index is -0.679. The Hall–Kier alpha value is -1.01. The molecule has 0 aliphatic rings. The van der Waals surface area contributed by atoms with Crippen molar-refractivity contribution in [3.8, 4) is 5.75 Å². The number of methoxy groups -OCH3 is 1. The van der Waals surface area contributed by atoms with Crippen LogP contribution in [-0.4, -0.2) is 23.2 Å². The zero-order chi connectivity index (χ0) is 13.0. The normalized spacial score (nSPS) is 12.2. The van der Waals surface area contributed by atoms with Gasteiger partial charge in [-0.3, -0.25) is 10.1 Å². The molecule has 0 spiro atoms. The lowest BCUT2D eigenvalue weighted by molar-refractivity contribution is -0.386. The van der Waals surface area contributed by atoms with Crippen LogP contribution in [-0.2, 0) is 0 Å². The zero-order valence-corrected chi connectivity index (χ0v) is 10.8. The Morgan fingerprint density at radius 2 is 2.29 bits per heavy atom. The predicted octanol–water partition coefficient (Wildman–Crippen LogP) is 3.46. The first kappa shape index (κ1) is 14.1. The minimum absolute atomic E-state index is 0.0114. The van der Waals surface area contributed by atoms with Gasteiger partial charge in [0.05, 0.1) is 18.1 Å². The number of halogens is 2. The van der Waals surface area contributed by atoms with Gasteiger partial charge in [0.2, 0.25) is 0 Å². The van der Waals surface area contributed by atoms with Crippen molar-refractivity contribution in [1.29, 1.82) is 0 Å². The Balaban J connectivity index is 3.13. The average molecular weight is 280 g/mol. The van der Waals surface area contributed by atoms with Crippen LogP contribution < -0.4 is 4.74 Å². The van der Waals surface area contributed by atoms with Crippen LogP contribution in [0.4, 0.5) is 10.1 Å². The zero-order valence-electron chi connectivity index (χ0n) is 9.28. The predicted molar refractivity (Wildman–Crippen MR) is 65.6 cm³/mol. The van der Waals surface area contributed by atoms with Crippen molar-refractivity contribution in [3.05, 3.63) is 28.1 Å². The van der Waals surface area contributed by atoms with E-state index in [-0.39, 0.29) is 16.7 Å². The number of rotatable bonds is 5. The van der Waals surface area contributed by atoms with Gasteiger partial charge in [0.15, 0.2) is 5.75 Å². The highest BCUT2D eigenvalue weighted by molar-refractivity contribution is 8.00. The van der Waals surface area contributed by atoms with E-state index in [1.54, 1.807) is 0 Å². The van der Waals surface area contributed by atoms with Crippen molar-refractivity contribution in [2.75, 3.05) is 13.0 Å². The summed E-state index contributed by atoms with van der Waals surface area (Å²) < 4.78 is 18.5. The summed E-state index contributed by atoms with van der Waals surface area (Å²) in [5.74, 6) is -0.233. The van der Waals surface area contributed by atoms with Gasteiger partial charge in [-0.25, -0.2) is 4.39 Å². The number of nitro groups is 1. The van der Waals surface area contributed by atoms with Crippen molar-refractivity contribution in [2.45, 2.75) is 17.1 Å². The van der Waals surface area contributed by atoms with E-state index in [9.17, 15) is 14.5 Å². The number of hydrogen-bond acceptors (Lipinski definition) is 4. The molecule has 1 rings (SSSR count). The molecule has 7 heteroatoms. The molecule has 0 fully saturated rings. The van der Waals surface area contributed by atoms with Gasteiger partial charge in [-0.2, -0.15) is 0 Å². The second-order valence-corrected chi connectivity index (χ2v) is 5.08. The van der Waals surface area contributed by atoms with Crippen LogP contribution in [0.15, 0.2) is 17.0 Å². The van der Waals surface area contributed by atoms with Crippen LogP contribution >= 0.6 is 23.4 Å².